The zero-order valence-electron chi connectivity index (χ0n) is 6.04. The number of hydrogen-bond donors (Lipinski definition) is 3. The molecule has 12 heavy (non-hydrogen) atoms. The molecule has 1 aromatic rings. The van der Waals surface area contributed by atoms with E-state index in [2.05, 4.69) is 0 Å². The van der Waals surface area contributed by atoms with E-state index in [-0.39, 0.29) is 5.56 Å². The highest BCUT2D eigenvalue weighted by Crippen LogP contribution is 2.16. The molecule has 0 aromatic heterocycles. The van der Waals surface area contributed by atoms with Crippen molar-refractivity contribution in [3.63, 3.8) is 0 Å². The number of nitrogen functional groups attached to an aromatic ring is 1. The summed E-state index contributed by atoms with van der Waals surface area (Å²) in [7, 11) is 0. The minimum absolute atomic E-state index is 0.108. The lowest BCUT2D eigenvalue weighted by molar-refractivity contribution is 0.0953. The maximum absolute atomic E-state index is 12.5. The second kappa shape index (κ2) is 3.19. The zero-order chi connectivity index (χ0) is 9.14. The van der Waals surface area contributed by atoms with Crippen LogP contribution in [0.4, 0.5) is 4.39 Å². The Bertz CT molecular complexity index is 314. The van der Waals surface area contributed by atoms with Crippen LogP contribution in [0.1, 0.15) is 10.4 Å². The highest BCUT2D eigenvalue weighted by molar-refractivity contribution is 5.94. The van der Waals surface area contributed by atoms with E-state index in [4.69, 9.17) is 10.9 Å². The molecule has 4 N–H and O–H groups in total. The summed E-state index contributed by atoms with van der Waals surface area (Å²) in [4.78, 5) is 10.8. The Hall–Kier alpha value is -1.62. The quantitative estimate of drug-likeness (QED) is 0.318. The lowest BCUT2D eigenvalue weighted by atomic mass is 10.2. The van der Waals surface area contributed by atoms with E-state index >= 15 is 0 Å². The first-order valence-corrected chi connectivity index (χ1v) is 3.14. The number of carbonyl (C=O) groups is 1. The van der Waals surface area contributed by atoms with Gasteiger partial charge in [0.05, 0.1) is 0 Å². The number of phenolic OH excluding ortho intramolecular Hbond substituents is 1. The van der Waals surface area contributed by atoms with Crippen molar-refractivity contribution >= 4 is 5.91 Å². The Morgan fingerprint density at radius 2 is 2.25 bits per heavy atom. The van der Waals surface area contributed by atoms with Crippen LogP contribution in [0.15, 0.2) is 18.2 Å². The van der Waals surface area contributed by atoms with Gasteiger partial charge in [-0.3, -0.25) is 10.2 Å². The van der Waals surface area contributed by atoms with E-state index < -0.39 is 17.5 Å². The molecule has 4 nitrogen and oxygen atoms in total. The number of hydrazine groups is 1. The molecule has 0 saturated heterocycles. The van der Waals surface area contributed by atoms with Gasteiger partial charge in [-0.25, -0.2) is 10.2 Å². The van der Waals surface area contributed by atoms with Crippen LogP contribution in [0.25, 0.3) is 0 Å². The number of halogens is 1. The standard InChI is InChI=1S/C7H7FN2O2/c8-5-2-1-4(3-6(5)11)7(12)10-9/h1-3,11H,9H2,(H,10,12). The van der Waals surface area contributed by atoms with Crippen LogP contribution >= 0.6 is 0 Å². The number of aromatic hydroxyl groups is 1. The van der Waals surface area contributed by atoms with Crippen LogP contribution in [0.3, 0.4) is 0 Å². The van der Waals surface area contributed by atoms with E-state index in [1.165, 1.54) is 6.07 Å². The first kappa shape index (κ1) is 8.48. The maximum atomic E-state index is 12.5. The Labute approximate surface area is 67.8 Å². The average Bonchev–Trinajstić information content (AvgIpc) is 2.08. The molecule has 0 aliphatic carbocycles. The van der Waals surface area contributed by atoms with Crippen LogP contribution in [0, 0.1) is 5.82 Å². The lowest BCUT2D eigenvalue weighted by Crippen LogP contribution is -2.29. The molecule has 0 heterocycles. The molecule has 64 valence electrons. The fraction of sp³-hybridized carbons (Fsp3) is 0. The predicted molar refractivity (Wildman–Crippen MR) is 39.7 cm³/mol. The number of phenols is 1. The van der Waals surface area contributed by atoms with Gasteiger partial charge in [0.2, 0.25) is 0 Å². The first-order chi connectivity index (χ1) is 5.65. The number of amides is 1. The van der Waals surface area contributed by atoms with Gasteiger partial charge >= 0.3 is 0 Å². The zero-order valence-corrected chi connectivity index (χ0v) is 6.04. The number of nitrogens with two attached hydrogens (primary N) is 1. The highest BCUT2D eigenvalue weighted by Gasteiger charge is 2.06. The first-order valence-electron chi connectivity index (χ1n) is 3.14. The smallest absolute Gasteiger partial charge is 0.265 e. The maximum Gasteiger partial charge on any atom is 0.265 e. The molecule has 0 spiro atoms. The molecule has 0 radical (unpaired) electrons. The number of rotatable bonds is 1. The van der Waals surface area contributed by atoms with Gasteiger partial charge in [-0.15, -0.1) is 0 Å². The van der Waals surface area contributed by atoms with Crippen LogP contribution in [0.2, 0.25) is 0 Å². The molecule has 0 saturated carbocycles. The van der Waals surface area contributed by atoms with Gasteiger partial charge in [-0.2, -0.15) is 0 Å². The fourth-order valence-electron chi connectivity index (χ4n) is 0.737. The minimum Gasteiger partial charge on any atom is -0.505 e. The van der Waals surface area contributed by atoms with Gasteiger partial charge in [0.25, 0.3) is 5.91 Å². The fourth-order valence-corrected chi connectivity index (χ4v) is 0.737. The predicted octanol–water partition coefficient (Wildman–Crippen LogP) is 0.135. The summed E-state index contributed by atoms with van der Waals surface area (Å²) in [6.45, 7) is 0. The van der Waals surface area contributed by atoms with Crippen molar-refractivity contribution < 1.29 is 14.3 Å². The SMILES string of the molecule is NNC(=O)c1ccc(F)c(O)c1. The summed E-state index contributed by atoms with van der Waals surface area (Å²) in [6, 6.07) is 3.20. The van der Waals surface area contributed by atoms with Crippen LogP contribution < -0.4 is 11.3 Å². The molecule has 0 atom stereocenters. The summed E-state index contributed by atoms with van der Waals surface area (Å²) < 4.78 is 12.5. The van der Waals surface area contributed by atoms with Crippen molar-refractivity contribution in [2.45, 2.75) is 0 Å². The van der Waals surface area contributed by atoms with Crippen molar-refractivity contribution in [1.82, 2.24) is 5.43 Å². The molecule has 0 fully saturated rings. The molecular formula is C7H7FN2O2. The third-order valence-corrected chi connectivity index (χ3v) is 1.34. The van der Waals surface area contributed by atoms with Crippen molar-refractivity contribution in [3.05, 3.63) is 29.6 Å². The topological polar surface area (TPSA) is 75.3 Å². The van der Waals surface area contributed by atoms with Crippen molar-refractivity contribution in [2.24, 2.45) is 5.84 Å². The second-order valence-corrected chi connectivity index (χ2v) is 2.14. The molecule has 0 aliphatic heterocycles. The molecule has 1 amide bonds. The van der Waals surface area contributed by atoms with Gasteiger partial charge in [0, 0.05) is 5.56 Å². The van der Waals surface area contributed by atoms with E-state index in [1.807, 2.05) is 5.43 Å². The van der Waals surface area contributed by atoms with Gasteiger partial charge in [-0.05, 0) is 18.2 Å². The normalized spacial score (nSPS) is 9.50. The molecule has 0 bridgehead atoms. The summed E-state index contributed by atoms with van der Waals surface area (Å²) in [5.41, 5.74) is 1.96. The van der Waals surface area contributed by atoms with Crippen LogP contribution in [0.5, 0.6) is 5.75 Å². The summed E-state index contributed by atoms with van der Waals surface area (Å²) >= 11 is 0. The third kappa shape index (κ3) is 1.51. The molecule has 5 heteroatoms. The van der Waals surface area contributed by atoms with E-state index in [0.29, 0.717) is 0 Å². The number of hydrogen-bond acceptors (Lipinski definition) is 3. The Kier molecular flexibility index (Phi) is 2.25. The van der Waals surface area contributed by atoms with Gasteiger partial charge in [0.15, 0.2) is 11.6 Å². The summed E-state index contributed by atoms with van der Waals surface area (Å²) in [5.74, 6) is 2.89. The molecule has 0 unspecified atom stereocenters. The molecule has 1 aromatic carbocycles. The monoisotopic (exact) mass is 170 g/mol. The van der Waals surface area contributed by atoms with Crippen molar-refractivity contribution in [1.29, 1.82) is 0 Å². The van der Waals surface area contributed by atoms with Gasteiger partial charge in [-0.1, -0.05) is 0 Å². The van der Waals surface area contributed by atoms with Crippen LogP contribution in [-0.4, -0.2) is 11.0 Å². The van der Waals surface area contributed by atoms with E-state index in [0.717, 1.165) is 12.1 Å². The third-order valence-electron chi connectivity index (χ3n) is 1.34. The van der Waals surface area contributed by atoms with Crippen LogP contribution in [-0.2, 0) is 0 Å². The average molecular weight is 170 g/mol. The van der Waals surface area contributed by atoms with Gasteiger partial charge in [0.1, 0.15) is 0 Å². The summed E-state index contributed by atoms with van der Waals surface area (Å²) in [5, 5.41) is 8.85. The summed E-state index contributed by atoms with van der Waals surface area (Å²) in [6.07, 6.45) is 0. The Balaban J connectivity index is 3.05. The van der Waals surface area contributed by atoms with E-state index in [9.17, 15) is 9.18 Å². The second-order valence-electron chi connectivity index (χ2n) is 2.14. The number of benzene rings is 1. The molecule has 0 aliphatic rings. The minimum atomic E-state index is -0.774. The van der Waals surface area contributed by atoms with Gasteiger partial charge < -0.3 is 5.11 Å². The highest BCUT2D eigenvalue weighted by atomic mass is 19.1. The van der Waals surface area contributed by atoms with Crippen molar-refractivity contribution in [3.8, 4) is 5.75 Å². The molecular weight excluding hydrogens is 163 g/mol. The molecule has 1 rings (SSSR count). The van der Waals surface area contributed by atoms with E-state index in [1.54, 1.807) is 0 Å². The lowest BCUT2D eigenvalue weighted by Gasteiger charge is -1.99. The largest absolute Gasteiger partial charge is 0.505 e. The Morgan fingerprint density at radius 1 is 1.58 bits per heavy atom. The number of nitrogens with one attached hydrogen (secondary N) is 1. The number of carbonyl (C=O) groups excluding carboxylic acids is 1. The van der Waals surface area contributed by atoms with Crippen molar-refractivity contribution in [2.75, 3.05) is 0 Å². The Morgan fingerprint density at radius 3 is 2.75 bits per heavy atom.